The molecule has 0 fully saturated rings. The number of fused-ring (bicyclic) bond motifs is 1. The van der Waals surface area contributed by atoms with Gasteiger partial charge in [0.1, 0.15) is 12.4 Å². The molecule has 0 unspecified atom stereocenters. The third-order valence-corrected chi connectivity index (χ3v) is 5.70. The number of hydrogen-bond acceptors (Lipinski definition) is 3. The summed E-state index contributed by atoms with van der Waals surface area (Å²) in [4.78, 5) is 14.0. The zero-order valence-corrected chi connectivity index (χ0v) is 16.7. The second-order valence-corrected chi connectivity index (χ2v) is 8.04. The van der Waals surface area contributed by atoms with Crippen molar-refractivity contribution < 1.29 is 9.53 Å². The number of amides is 1. The minimum absolute atomic E-state index is 0.0748. The van der Waals surface area contributed by atoms with E-state index >= 15 is 0 Å². The first-order chi connectivity index (χ1) is 13.2. The summed E-state index contributed by atoms with van der Waals surface area (Å²) >= 11 is 4.91. The van der Waals surface area contributed by atoms with E-state index in [2.05, 4.69) is 21.2 Å². The highest BCUT2D eigenvalue weighted by atomic mass is 79.9. The quantitative estimate of drug-likeness (QED) is 0.500. The number of thioether (sulfide) groups is 1. The van der Waals surface area contributed by atoms with E-state index in [1.54, 1.807) is 0 Å². The SMILES string of the molecule is O=C1Nc2ccccc2S/C1=C\c1ccc(OCc2ccc(Br)cc2)cc1. The van der Waals surface area contributed by atoms with E-state index in [0.29, 0.717) is 11.5 Å². The molecule has 0 aromatic heterocycles. The normalized spacial score (nSPS) is 14.6. The van der Waals surface area contributed by atoms with Crippen LogP contribution in [0.15, 0.2) is 87.1 Å². The molecule has 1 heterocycles. The third-order valence-electron chi connectivity index (χ3n) is 4.08. The molecule has 0 bridgehead atoms. The summed E-state index contributed by atoms with van der Waals surface area (Å²) in [5, 5.41) is 2.93. The Bertz CT molecular complexity index is 998. The van der Waals surface area contributed by atoms with Gasteiger partial charge in [0.25, 0.3) is 5.91 Å². The van der Waals surface area contributed by atoms with E-state index in [1.165, 1.54) is 11.8 Å². The number of carbonyl (C=O) groups excluding carboxylic acids is 1. The van der Waals surface area contributed by atoms with Crippen LogP contribution in [0.5, 0.6) is 5.75 Å². The molecule has 3 aromatic carbocycles. The van der Waals surface area contributed by atoms with Gasteiger partial charge in [-0.3, -0.25) is 4.79 Å². The molecule has 1 amide bonds. The van der Waals surface area contributed by atoms with Crippen molar-refractivity contribution >= 4 is 45.4 Å². The smallest absolute Gasteiger partial charge is 0.262 e. The van der Waals surface area contributed by atoms with Crippen LogP contribution in [0.2, 0.25) is 0 Å². The summed E-state index contributed by atoms with van der Waals surface area (Å²) in [5.41, 5.74) is 2.93. The summed E-state index contributed by atoms with van der Waals surface area (Å²) in [6.07, 6.45) is 1.90. The van der Waals surface area contributed by atoms with Crippen molar-refractivity contribution in [3.8, 4) is 5.75 Å². The molecule has 3 nitrogen and oxygen atoms in total. The Morgan fingerprint density at radius 1 is 0.963 bits per heavy atom. The lowest BCUT2D eigenvalue weighted by Gasteiger charge is -2.18. The number of ether oxygens (including phenoxy) is 1. The van der Waals surface area contributed by atoms with Crippen LogP contribution in [0.25, 0.3) is 6.08 Å². The van der Waals surface area contributed by atoms with Crippen LogP contribution in [-0.2, 0) is 11.4 Å². The predicted octanol–water partition coefficient (Wildman–Crippen LogP) is 6.11. The highest BCUT2D eigenvalue weighted by Crippen LogP contribution is 2.38. The first kappa shape index (κ1) is 17.9. The molecule has 134 valence electrons. The Kier molecular flexibility index (Phi) is 5.32. The fourth-order valence-electron chi connectivity index (χ4n) is 2.66. The van der Waals surface area contributed by atoms with Crippen molar-refractivity contribution in [1.82, 2.24) is 0 Å². The second-order valence-electron chi connectivity index (χ2n) is 6.05. The van der Waals surface area contributed by atoms with Crippen molar-refractivity contribution in [2.75, 3.05) is 5.32 Å². The molecule has 27 heavy (non-hydrogen) atoms. The van der Waals surface area contributed by atoms with Crippen molar-refractivity contribution in [3.63, 3.8) is 0 Å². The van der Waals surface area contributed by atoms with Crippen LogP contribution >= 0.6 is 27.7 Å². The van der Waals surface area contributed by atoms with Crippen LogP contribution in [-0.4, -0.2) is 5.91 Å². The first-order valence-corrected chi connectivity index (χ1v) is 10.1. The van der Waals surface area contributed by atoms with Crippen molar-refractivity contribution in [3.05, 3.63) is 93.3 Å². The Balaban J connectivity index is 1.44. The van der Waals surface area contributed by atoms with Gasteiger partial charge in [0, 0.05) is 9.37 Å². The zero-order chi connectivity index (χ0) is 18.6. The van der Waals surface area contributed by atoms with E-state index in [9.17, 15) is 4.79 Å². The van der Waals surface area contributed by atoms with Crippen molar-refractivity contribution in [2.24, 2.45) is 0 Å². The number of benzene rings is 3. The molecular weight excluding hydrogens is 422 g/mol. The van der Waals surface area contributed by atoms with Crippen molar-refractivity contribution in [2.45, 2.75) is 11.5 Å². The molecule has 0 atom stereocenters. The largest absolute Gasteiger partial charge is 0.489 e. The Labute approximate surface area is 170 Å². The van der Waals surface area contributed by atoms with Gasteiger partial charge in [-0.1, -0.05) is 64.1 Å². The molecule has 5 heteroatoms. The van der Waals surface area contributed by atoms with Gasteiger partial charge in [-0.15, -0.1) is 0 Å². The van der Waals surface area contributed by atoms with Gasteiger partial charge in [0.15, 0.2) is 0 Å². The summed E-state index contributed by atoms with van der Waals surface area (Å²) in [6.45, 7) is 0.517. The number of carbonyl (C=O) groups is 1. The average Bonchev–Trinajstić information content (AvgIpc) is 2.69. The van der Waals surface area contributed by atoms with E-state index < -0.39 is 0 Å². The standard InChI is InChI=1S/C22H16BrNO2S/c23-17-9-5-16(6-10-17)14-26-18-11-7-15(8-12-18)13-21-22(25)24-19-3-1-2-4-20(19)27-21/h1-13H,14H2,(H,24,25)/b21-13-. The number of anilines is 1. The first-order valence-electron chi connectivity index (χ1n) is 8.45. The Morgan fingerprint density at radius 2 is 1.70 bits per heavy atom. The molecule has 0 spiro atoms. The molecular formula is C22H16BrNO2S. The zero-order valence-electron chi connectivity index (χ0n) is 14.3. The van der Waals surface area contributed by atoms with Gasteiger partial charge >= 0.3 is 0 Å². The summed E-state index contributed by atoms with van der Waals surface area (Å²) in [7, 11) is 0. The lowest BCUT2D eigenvalue weighted by molar-refractivity contribution is -0.112. The Morgan fingerprint density at radius 3 is 2.48 bits per heavy atom. The van der Waals surface area contributed by atoms with Gasteiger partial charge in [-0.25, -0.2) is 0 Å². The van der Waals surface area contributed by atoms with E-state index in [-0.39, 0.29) is 5.91 Å². The van der Waals surface area contributed by atoms with Crippen LogP contribution in [0.3, 0.4) is 0 Å². The lowest BCUT2D eigenvalue weighted by Crippen LogP contribution is -2.17. The van der Waals surface area contributed by atoms with Gasteiger partial charge in [0.05, 0.1) is 10.6 Å². The minimum atomic E-state index is -0.0748. The molecule has 0 radical (unpaired) electrons. The fraction of sp³-hybridized carbons (Fsp3) is 0.0455. The maximum atomic E-state index is 12.3. The number of hydrogen-bond donors (Lipinski definition) is 1. The molecule has 1 N–H and O–H groups in total. The number of para-hydroxylation sites is 1. The van der Waals surface area contributed by atoms with E-state index in [0.717, 1.165) is 31.9 Å². The number of halogens is 1. The summed E-state index contributed by atoms with van der Waals surface area (Å²) in [5.74, 6) is 0.723. The van der Waals surface area contributed by atoms with Gasteiger partial charge in [-0.2, -0.15) is 0 Å². The number of rotatable bonds is 4. The predicted molar refractivity (Wildman–Crippen MR) is 114 cm³/mol. The van der Waals surface area contributed by atoms with Crippen LogP contribution < -0.4 is 10.1 Å². The van der Waals surface area contributed by atoms with Gasteiger partial charge < -0.3 is 10.1 Å². The molecule has 0 saturated heterocycles. The van der Waals surface area contributed by atoms with Crippen molar-refractivity contribution in [1.29, 1.82) is 0 Å². The summed E-state index contributed by atoms with van der Waals surface area (Å²) < 4.78 is 6.88. The second kappa shape index (κ2) is 8.03. The topological polar surface area (TPSA) is 38.3 Å². The highest BCUT2D eigenvalue weighted by molar-refractivity contribution is 9.10. The van der Waals surface area contributed by atoms with E-state index in [4.69, 9.17) is 4.74 Å². The number of nitrogens with one attached hydrogen (secondary N) is 1. The molecule has 0 saturated carbocycles. The highest BCUT2D eigenvalue weighted by Gasteiger charge is 2.20. The summed E-state index contributed by atoms with van der Waals surface area (Å²) in [6, 6.07) is 23.6. The maximum Gasteiger partial charge on any atom is 0.262 e. The van der Waals surface area contributed by atoms with Gasteiger partial charge in [0.2, 0.25) is 0 Å². The average molecular weight is 438 g/mol. The van der Waals surface area contributed by atoms with Crippen LogP contribution in [0, 0.1) is 0 Å². The fourth-order valence-corrected chi connectivity index (χ4v) is 3.88. The third kappa shape index (κ3) is 4.43. The Hall–Kier alpha value is -2.50. The van der Waals surface area contributed by atoms with Gasteiger partial charge in [-0.05, 0) is 53.6 Å². The monoisotopic (exact) mass is 437 g/mol. The lowest BCUT2D eigenvalue weighted by atomic mass is 10.2. The molecule has 1 aliphatic rings. The van der Waals surface area contributed by atoms with E-state index in [1.807, 2.05) is 78.9 Å². The minimum Gasteiger partial charge on any atom is -0.489 e. The maximum absolute atomic E-state index is 12.3. The molecule has 0 aliphatic carbocycles. The van der Waals surface area contributed by atoms with Crippen LogP contribution in [0.1, 0.15) is 11.1 Å². The molecule has 1 aliphatic heterocycles. The molecule has 4 rings (SSSR count). The molecule has 3 aromatic rings. The van der Waals surface area contributed by atoms with Crippen LogP contribution in [0.4, 0.5) is 5.69 Å².